The first-order chi connectivity index (χ1) is 5.59. The third-order valence-corrected chi connectivity index (χ3v) is 1.75. The summed E-state index contributed by atoms with van der Waals surface area (Å²) in [6, 6.07) is 3.92. The number of hydrogen-bond acceptors (Lipinski definition) is 2. The van der Waals surface area contributed by atoms with Gasteiger partial charge in [-0.2, -0.15) is 0 Å². The minimum atomic E-state index is -0.961. The van der Waals surface area contributed by atoms with Crippen LogP contribution >= 0.6 is 15.9 Å². The third-order valence-electron chi connectivity index (χ3n) is 1.11. The van der Waals surface area contributed by atoms with Crippen LogP contribution in [0.3, 0.4) is 0 Å². The number of nitrogens with two attached hydrogens (primary N) is 1. The van der Waals surface area contributed by atoms with Crippen LogP contribution in [-0.2, 0) is 0 Å². The molecule has 0 aliphatic rings. The first-order valence-corrected chi connectivity index (χ1v) is 3.81. The van der Waals surface area contributed by atoms with Gasteiger partial charge in [0.25, 0.3) is 0 Å². The second kappa shape index (κ2) is 3.53. The maximum Gasteiger partial charge on any atom is 0.409 e. The molecule has 1 rings (SSSR count). The number of amides is 1. The third kappa shape index (κ3) is 2.20. The molecular weight excluding hydrogens is 229 g/mol. The molecule has 0 aromatic heterocycles. The van der Waals surface area contributed by atoms with Crippen LogP contribution in [-0.4, -0.2) is 6.09 Å². The Morgan fingerprint density at radius 2 is 2.25 bits per heavy atom. The van der Waals surface area contributed by atoms with Gasteiger partial charge in [0.15, 0.2) is 0 Å². The van der Waals surface area contributed by atoms with Crippen molar-refractivity contribution in [3.8, 4) is 5.75 Å². The summed E-state index contributed by atoms with van der Waals surface area (Å²) >= 11 is 2.95. The van der Waals surface area contributed by atoms with Crippen LogP contribution in [0.1, 0.15) is 0 Å². The number of carbonyl (C=O) groups is 1. The molecule has 1 amide bonds. The minimum Gasteiger partial charge on any atom is -0.410 e. The standard InChI is InChI=1S/C7H5BrFNO2/c8-5-2-1-4(3-6(5)9)12-7(10)11/h1-3H,(H2,10,11). The molecule has 0 heterocycles. The van der Waals surface area contributed by atoms with E-state index in [0.29, 0.717) is 4.47 Å². The molecule has 0 radical (unpaired) electrons. The zero-order valence-electron chi connectivity index (χ0n) is 5.88. The maximum absolute atomic E-state index is 12.8. The summed E-state index contributed by atoms with van der Waals surface area (Å²) in [5.41, 5.74) is 4.72. The van der Waals surface area contributed by atoms with Gasteiger partial charge in [-0.3, -0.25) is 0 Å². The van der Waals surface area contributed by atoms with Crippen molar-refractivity contribution in [2.24, 2.45) is 5.73 Å². The predicted molar refractivity (Wildman–Crippen MR) is 44.3 cm³/mol. The smallest absolute Gasteiger partial charge is 0.409 e. The van der Waals surface area contributed by atoms with Gasteiger partial charge in [-0.25, -0.2) is 9.18 Å². The van der Waals surface area contributed by atoms with Gasteiger partial charge in [-0.15, -0.1) is 0 Å². The highest BCUT2D eigenvalue weighted by Gasteiger charge is 2.02. The van der Waals surface area contributed by atoms with Crippen LogP contribution in [0.25, 0.3) is 0 Å². The largest absolute Gasteiger partial charge is 0.410 e. The molecule has 0 unspecified atom stereocenters. The summed E-state index contributed by atoms with van der Waals surface area (Å²) in [6.07, 6.45) is -0.961. The fourth-order valence-corrected chi connectivity index (χ4v) is 0.903. The van der Waals surface area contributed by atoms with Crippen molar-refractivity contribution in [3.05, 3.63) is 28.5 Å². The molecule has 0 spiro atoms. The van der Waals surface area contributed by atoms with Gasteiger partial charge in [-0.05, 0) is 28.1 Å². The van der Waals surface area contributed by atoms with Crippen LogP contribution in [0.5, 0.6) is 5.75 Å². The molecule has 0 saturated carbocycles. The van der Waals surface area contributed by atoms with E-state index in [2.05, 4.69) is 20.7 Å². The SMILES string of the molecule is NC(=O)Oc1ccc(Br)c(F)c1. The van der Waals surface area contributed by atoms with Gasteiger partial charge in [0, 0.05) is 6.07 Å². The summed E-state index contributed by atoms with van der Waals surface area (Å²) < 4.78 is 17.5. The lowest BCUT2D eigenvalue weighted by molar-refractivity contribution is 0.210. The maximum atomic E-state index is 12.8. The molecular formula is C7H5BrFNO2. The molecule has 0 saturated heterocycles. The molecule has 2 N–H and O–H groups in total. The lowest BCUT2D eigenvalue weighted by Gasteiger charge is -2.00. The van der Waals surface area contributed by atoms with Gasteiger partial charge in [0.2, 0.25) is 0 Å². The number of carbonyl (C=O) groups excluding carboxylic acids is 1. The summed E-state index contributed by atoms with van der Waals surface area (Å²) in [6.45, 7) is 0. The summed E-state index contributed by atoms with van der Waals surface area (Å²) in [4.78, 5) is 10.2. The molecule has 0 bridgehead atoms. The number of rotatable bonds is 1. The van der Waals surface area contributed by atoms with Gasteiger partial charge in [-0.1, -0.05) is 0 Å². The first kappa shape index (κ1) is 8.99. The first-order valence-electron chi connectivity index (χ1n) is 3.02. The fourth-order valence-electron chi connectivity index (χ4n) is 0.656. The van der Waals surface area contributed by atoms with Gasteiger partial charge >= 0.3 is 6.09 Å². The van der Waals surface area contributed by atoms with Crippen LogP contribution < -0.4 is 10.5 Å². The summed E-state index contributed by atoms with van der Waals surface area (Å²) in [5, 5.41) is 0. The average molecular weight is 234 g/mol. The van der Waals surface area contributed by atoms with E-state index in [1.807, 2.05) is 0 Å². The predicted octanol–water partition coefficient (Wildman–Crippen LogP) is 2.05. The van der Waals surface area contributed by atoms with E-state index < -0.39 is 11.9 Å². The van der Waals surface area contributed by atoms with E-state index in [0.717, 1.165) is 6.07 Å². The fraction of sp³-hybridized carbons (Fsp3) is 0. The van der Waals surface area contributed by atoms with Gasteiger partial charge in [0.05, 0.1) is 4.47 Å². The molecule has 1 aromatic carbocycles. The molecule has 0 fully saturated rings. The molecule has 1 aromatic rings. The van der Waals surface area contributed by atoms with Crippen LogP contribution in [0.4, 0.5) is 9.18 Å². The van der Waals surface area contributed by atoms with E-state index in [9.17, 15) is 9.18 Å². The zero-order chi connectivity index (χ0) is 9.14. The van der Waals surface area contributed by atoms with E-state index in [-0.39, 0.29) is 5.75 Å². The Balaban J connectivity index is 2.89. The molecule has 64 valence electrons. The van der Waals surface area contributed by atoms with Crippen molar-refractivity contribution in [2.75, 3.05) is 0 Å². The number of hydrogen-bond donors (Lipinski definition) is 1. The monoisotopic (exact) mass is 233 g/mol. The van der Waals surface area contributed by atoms with E-state index in [4.69, 9.17) is 5.73 Å². The van der Waals surface area contributed by atoms with Crippen molar-refractivity contribution >= 4 is 22.0 Å². The highest BCUT2D eigenvalue weighted by molar-refractivity contribution is 9.10. The summed E-state index contributed by atoms with van der Waals surface area (Å²) in [5.74, 6) is -0.419. The molecule has 0 atom stereocenters. The van der Waals surface area contributed by atoms with E-state index in [1.165, 1.54) is 12.1 Å². The van der Waals surface area contributed by atoms with Crippen molar-refractivity contribution in [1.29, 1.82) is 0 Å². The van der Waals surface area contributed by atoms with Crippen molar-refractivity contribution < 1.29 is 13.9 Å². The number of halogens is 2. The van der Waals surface area contributed by atoms with Crippen molar-refractivity contribution in [2.45, 2.75) is 0 Å². The normalized spacial score (nSPS) is 9.50. The van der Waals surface area contributed by atoms with Crippen molar-refractivity contribution in [1.82, 2.24) is 0 Å². The second-order valence-electron chi connectivity index (χ2n) is 2.00. The molecule has 0 aliphatic carbocycles. The topological polar surface area (TPSA) is 52.3 Å². The minimum absolute atomic E-state index is 0.0863. The highest BCUT2D eigenvalue weighted by atomic mass is 79.9. The Bertz CT molecular complexity index is 316. The van der Waals surface area contributed by atoms with E-state index >= 15 is 0 Å². The van der Waals surface area contributed by atoms with Crippen molar-refractivity contribution in [3.63, 3.8) is 0 Å². The number of benzene rings is 1. The Morgan fingerprint density at radius 3 is 2.75 bits per heavy atom. The Labute approximate surface area is 76.4 Å². The molecule has 3 nitrogen and oxygen atoms in total. The Kier molecular flexibility index (Phi) is 2.65. The molecule has 5 heteroatoms. The van der Waals surface area contributed by atoms with Crippen LogP contribution in [0.2, 0.25) is 0 Å². The Morgan fingerprint density at radius 1 is 1.58 bits per heavy atom. The second-order valence-corrected chi connectivity index (χ2v) is 2.85. The van der Waals surface area contributed by atoms with Gasteiger partial charge < -0.3 is 10.5 Å². The van der Waals surface area contributed by atoms with Crippen LogP contribution in [0.15, 0.2) is 22.7 Å². The zero-order valence-corrected chi connectivity index (χ0v) is 7.47. The number of primary amides is 1. The van der Waals surface area contributed by atoms with E-state index in [1.54, 1.807) is 0 Å². The quantitative estimate of drug-likeness (QED) is 0.808. The molecule has 0 aliphatic heterocycles. The average Bonchev–Trinajstić information content (AvgIpc) is 1.96. The van der Waals surface area contributed by atoms with Crippen LogP contribution in [0, 0.1) is 5.82 Å². The lowest BCUT2D eigenvalue weighted by Crippen LogP contribution is -2.16. The Hall–Kier alpha value is -1.10. The summed E-state index contributed by atoms with van der Waals surface area (Å²) in [7, 11) is 0. The van der Waals surface area contributed by atoms with Gasteiger partial charge in [0.1, 0.15) is 11.6 Å². The lowest BCUT2D eigenvalue weighted by atomic mass is 10.3. The molecule has 12 heavy (non-hydrogen) atoms. The number of ether oxygens (including phenoxy) is 1. The highest BCUT2D eigenvalue weighted by Crippen LogP contribution is 2.20.